The Bertz CT molecular complexity index is 1830. The van der Waals surface area contributed by atoms with Gasteiger partial charge in [0.25, 0.3) is 7.82 Å². The van der Waals surface area contributed by atoms with E-state index in [1.807, 2.05) is 21.1 Å². The fourth-order valence-corrected chi connectivity index (χ4v) is 9.96. The molecule has 0 radical (unpaired) electrons. The molecule has 0 heterocycles. The first kappa shape index (κ1) is 80.4. The van der Waals surface area contributed by atoms with Gasteiger partial charge in [0.1, 0.15) is 19.8 Å². The molecule has 0 saturated heterocycles. The molecule has 0 amide bonds. The van der Waals surface area contributed by atoms with E-state index in [0.29, 0.717) is 17.4 Å². The fourth-order valence-electron chi connectivity index (χ4n) is 9.23. The van der Waals surface area contributed by atoms with Crippen molar-refractivity contribution in [2.75, 3.05) is 47.5 Å². The van der Waals surface area contributed by atoms with Crippen molar-refractivity contribution >= 4 is 19.8 Å². The molecule has 0 spiro atoms. The number of esters is 2. The number of phosphoric acid groups is 1. The molecule has 2 unspecified atom stereocenters. The summed E-state index contributed by atoms with van der Waals surface area (Å²) >= 11 is 0. The maximum absolute atomic E-state index is 12.9. The van der Waals surface area contributed by atoms with Gasteiger partial charge >= 0.3 is 11.9 Å². The number of likely N-dealkylation sites (N-methyl/N-ethyl adjacent to an activating group) is 1. The van der Waals surface area contributed by atoms with E-state index in [9.17, 15) is 19.0 Å². The van der Waals surface area contributed by atoms with Gasteiger partial charge in [0.05, 0.1) is 27.7 Å². The Hall–Kier alpha value is -3.59. The maximum atomic E-state index is 12.9. The maximum Gasteiger partial charge on any atom is 0.306 e. The van der Waals surface area contributed by atoms with Gasteiger partial charge in [0, 0.05) is 12.8 Å². The molecule has 9 nitrogen and oxygen atoms in total. The molecular formula is C74H128NO8P. The Morgan fingerprint density at radius 1 is 0.381 bits per heavy atom. The van der Waals surface area contributed by atoms with Crippen LogP contribution in [-0.4, -0.2) is 70.0 Å². The minimum Gasteiger partial charge on any atom is -0.756 e. The van der Waals surface area contributed by atoms with Gasteiger partial charge in [-0.1, -0.05) is 283 Å². The van der Waals surface area contributed by atoms with Crippen molar-refractivity contribution in [3.05, 3.63) is 122 Å². The molecule has 0 aliphatic carbocycles. The lowest BCUT2D eigenvalue weighted by Gasteiger charge is -2.28. The summed E-state index contributed by atoms with van der Waals surface area (Å²) in [6.07, 6.45) is 91.2. The zero-order chi connectivity index (χ0) is 61.2. The van der Waals surface area contributed by atoms with Crippen LogP contribution >= 0.6 is 7.82 Å². The summed E-state index contributed by atoms with van der Waals surface area (Å²) in [5, 5.41) is 0. The van der Waals surface area contributed by atoms with Gasteiger partial charge in [0.15, 0.2) is 6.10 Å². The lowest BCUT2D eigenvalue weighted by Crippen LogP contribution is -2.37. The predicted molar refractivity (Wildman–Crippen MR) is 360 cm³/mol. The fraction of sp³-hybridized carbons (Fsp3) is 0.703. The Morgan fingerprint density at radius 3 is 1.02 bits per heavy atom. The van der Waals surface area contributed by atoms with Crippen molar-refractivity contribution in [2.24, 2.45) is 0 Å². The third-order valence-corrected chi connectivity index (χ3v) is 15.4. The van der Waals surface area contributed by atoms with Crippen LogP contribution in [0.1, 0.15) is 284 Å². The second-order valence-electron chi connectivity index (χ2n) is 23.8. The number of allylic oxidation sites excluding steroid dienone is 20. The molecule has 0 aliphatic heterocycles. The minimum atomic E-state index is -4.65. The molecule has 0 aromatic carbocycles. The summed E-state index contributed by atoms with van der Waals surface area (Å²) in [6.45, 7) is 4.13. The second-order valence-corrected chi connectivity index (χ2v) is 25.2. The Labute approximate surface area is 518 Å². The van der Waals surface area contributed by atoms with Gasteiger partial charge in [-0.25, -0.2) is 0 Å². The van der Waals surface area contributed by atoms with E-state index in [4.69, 9.17) is 18.5 Å². The molecule has 2 atom stereocenters. The van der Waals surface area contributed by atoms with E-state index in [2.05, 4.69) is 135 Å². The SMILES string of the molecule is CC/C=C\C/C=C\C/C=C\C/C=C\C/C=C\C/C=C\C/C=C\C/C=C\C/C=C\CCCCCCCCCCCCCC(=O)OC(COC(=O)CCCCCCCCCCC/C=C\CCCCCCCCCC)COP(=O)([O-])OCC[N+](C)(C)C. The standard InChI is InChI=1S/C74H128NO8P/c1-6-8-10-12-14-16-18-20-22-24-26-28-29-30-31-32-33-34-35-36-37-38-39-40-41-42-43-44-45-47-49-51-53-55-57-59-61-63-65-67-74(77)83-72(71-82-84(78,79)81-69-68-75(3,4)5)70-80-73(76)66-64-62-60-58-56-54-52-50-48-46-27-25-23-21-19-17-15-13-11-9-7-2/h8,10,14,16,20,22,25-28,30-31,33-34,36-37,39-40,42-43,72H,6-7,9,11-13,15,17-19,21,23-24,29,32,35,38,41,44-71H2,1-5H3/b10-8-,16-14-,22-20-,27-25-,28-26-,31-30-,34-33-,37-36-,40-39-,43-42-. The zero-order valence-electron chi connectivity index (χ0n) is 54.8. The molecule has 0 aromatic heterocycles. The summed E-state index contributed by atoms with van der Waals surface area (Å²) in [5.41, 5.74) is 0. The quantitative estimate of drug-likeness (QED) is 0.0195. The molecule has 84 heavy (non-hydrogen) atoms. The van der Waals surface area contributed by atoms with Crippen LogP contribution in [0.2, 0.25) is 0 Å². The average molecular weight is 1190 g/mol. The summed E-state index contributed by atoms with van der Waals surface area (Å²) in [5.74, 6) is -0.837. The highest BCUT2D eigenvalue weighted by atomic mass is 31.2. The van der Waals surface area contributed by atoms with Crippen LogP contribution in [-0.2, 0) is 32.7 Å². The molecule has 10 heteroatoms. The van der Waals surface area contributed by atoms with Crippen LogP contribution < -0.4 is 4.89 Å². The van der Waals surface area contributed by atoms with Gasteiger partial charge in [-0.15, -0.1) is 0 Å². The Kier molecular flexibility index (Phi) is 61.2. The molecule has 0 fully saturated rings. The third kappa shape index (κ3) is 67.5. The topological polar surface area (TPSA) is 111 Å². The van der Waals surface area contributed by atoms with Crippen molar-refractivity contribution in [1.82, 2.24) is 0 Å². The van der Waals surface area contributed by atoms with Crippen molar-refractivity contribution in [3.63, 3.8) is 0 Å². The van der Waals surface area contributed by atoms with Crippen molar-refractivity contribution < 1.29 is 42.1 Å². The summed E-state index contributed by atoms with van der Waals surface area (Å²) in [4.78, 5) is 38.0. The first-order valence-electron chi connectivity index (χ1n) is 34.2. The Morgan fingerprint density at radius 2 is 0.679 bits per heavy atom. The highest BCUT2D eigenvalue weighted by Gasteiger charge is 2.22. The van der Waals surface area contributed by atoms with Gasteiger partial charge in [-0.3, -0.25) is 14.2 Å². The average Bonchev–Trinajstić information content (AvgIpc) is 3.61. The molecule has 0 rings (SSSR count). The number of carbonyl (C=O) groups excluding carboxylic acids is 2. The van der Waals surface area contributed by atoms with Crippen LogP contribution in [0.25, 0.3) is 0 Å². The van der Waals surface area contributed by atoms with Crippen molar-refractivity contribution in [2.45, 2.75) is 290 Å². The van der Waals surface area contributed by atoms with Crippen LogP contribution in [0.15, 0.2) is 122 Å². The predicted octanol–water partition coefficient (Wildman–Crippen LogP) is 21.6. The normalized spacial score (nSPS) is 13.9. The highest BCUT2D eigenvalue weighted by Crippen LogP contribution is 2.38. The lowest BCUT2D eigenvalue weighted by atomic mass is 10.0. The summed E-state index contributed by atoms with van der Waals surface area (Å²) in [7, 11) is 1.16. The van der Waals surface area contributed by atoms with E-state index in [0.717, 1.165) is 103 Å². The number of quaternary nitrogens is 1. The third-order valence-electron chi connectivity index (χ3n) is 14.5. The van der Waals surface area contributed by atoms with Crippen LogP contribution in [0.4, 0.5) is 0 Å². The molecule has 0 N–H and O–H groups in total. The lowest BCUT2D eigenvalue weighted by molar-refractivity contribution is -0.870. The number of phosphoric ester groups is 1. The van der Waals surface area contributed by atoms with Gasteiger partial charge < -0.3 is 27.9 Å². The number of nitrogens with zero attached hydrogens (tertiary/aromatic N) is 1. The van der Waals surface area contributed by atoms with E-state index < -0.39 is 26.5 Å². The van der Waals surface area contributed by atoms with Crippen LogP contribution in [0.3, 0.4) is 0 Å². The number of carbonyl (C=O) groups is 2. The number of hydrogen-bond donors (Lipinski definition) is 0. The highest BCUT2D eigenvalue weighted by molar-refractivity contribution is 7.45. The molecule has 0 aromatic rings. The molecule has 0 aliphatic rings. The Balaban J connectivity index is 4.08. The van der Waals surface area contributed by atoms with E-state index in [-0.39, 0.29) is 32.0 Å². The number of rotatable bonds is 62. The number of unbranched alkanes of at least 4 members (excludes halogenated alkanes) is 28. The summed E-state index contributed by atoms with van der Waals surface area (Å²) in [6, 6.07) is 0. The van der Waals surface area contributed by atoms with E-state index >= 15 is 0 Å². The largest absolute Gasteiger partial charge is 0.756 e. The second kappa shape index (κ2) is 63.9. The van der Waals surface area contributed by atoms with Gasteiger partial charge in [-0.2, -0.15) is 0 Å². The summed E-state index contributed by atoms with van der Waals surface area (Å²) < 4.78 is 34.3. The van der Waals surface area contributed by atoms with Gasteiger partial charge in [-0.05, 0) is 109 Å². The minimum absolute atomic E-state index is 0.0359. The number of ether oxygens (including phenoxy) is 2. The van der Waals surface area contributed by atoms with E-state index in [1.54, 1.807) is 0 Å². The monoisotopic (exact) mass is 1190 g/mol. The van der Waals surface area contributed by atoms with Crippen LogP contribution in [0.5, 0.6) is 0 Å². The first-order chi connectivity index (χ1) is 41.0. The van der Waals surface area contributed by atoms with Crippen molar-refractivity contribution in [3.8, 4) is 0 Å². The zero-order valence-corrected chi connectivity index (χ0v) is 55.7. The van der Waals surface area contributed by atoms with Gasteiger partial charge in [0.2, 0.25) is 0 Å². The molecular weight excluding hydrogens is 1060 g/mol. The molecule has 482 valence electrons. The van der Waals surface area contributed by atoms with Crippen molar-refractivity contribution in [1.29, 1.82) is 0 Å². The molecule has 0 saturated carbocycles. The number of hydrogen-bond acceptors (Lipinski definition) is 8. The smallest absolute Gasteiger partial charge is 0.306 e. The first-order valence-corrected chi connectivity index (χ1v) is 35.7. The van der Waals surface area contributed by atoms with E-state index in [1.165, 1.54) is 148 Å². The van der Waals surface area contributed by atoms with Crippen LogP contribution in [0, 0.1) is 0 Å². The molecule has 0 bridgehead atoms.